The first-order valence-corrected chi connectivity index (χ1v) is 8.01. The second kappa shape index (κ2) is 8.06. The smallest absolute Gasteiger partial charge is 0.0226 e. The van der Waals surface area contributed by atoms with Crippen LogP contribution in [0.4, 0.5) is 0 Å². The summed E-state index contributed by atoms with van der Waals surface area (Å²) in [6.07, 6.45) is 0. The molecule has 0 saturated heterocycles. The van der Waals surface area contributed by atoms with Gasteiger partial charge in [-0.1, -0.05) is 60.7 Å². The number of hydrogen-bond donors (Lipinski definition) is 0. The van der Waals surface area contributed by atoms with E-state index in [0.29, 0.717) is 0 Å². The minimum absolute atomic E-state index is 1.04. The first-order valence-electron chi connectivity index (χ1n) is 5.91. The van der Waals surface area contributed by atoms with E-state index in [2.05, 4.69) is 71.5 Å². The highest BCUT2D eigenvalue weighted by molar-refractivity contribution is 8.04. The predicted octanol–water partition coefficient (Wildman–Crippen LogP) is 5.32. The van der Waals surface area contributed by atoms with Crippen LogP contribution < -0.4 is 0 Å². The van der Waals surface area contributed by atoms with Crippen molar-refractivity contribution >= 4 is 23.5 Å². The lowest BCUT2D eigenvalue weighted by Crippen LogP contribution is -1.76. The Labute approximate surface area is 118 Å². The molecule has 0 bridgehead atoms. The monoisotopic (exact) mass is 272 g/mol. The topological polar surface area (TPSA) is 0 Å². The van der Waals surface area contributed by atoms with Gasteiger partial charge in [0.2, 0.25) is 0 Å². The molecule has 0 aliphatic heterocycles. The van der Waals surface area contributed by atoms with E-state index in [4.69, 9.17) is 0 Å². The highest BCUT2D eigenvalue weighted by Crippen LogP contribution is 2.17. The third-order valence-corrected chi connectivity index (χ3v) is 4.26. The zero-order chi connectivity index (χ0) is 12.5. The van der Waals surface area contributed by atoms with Crippen LogP contribution in [0.5, 0.6) is 0 Å². The second-order valence-corrected chi connectivity index (χ2v) is 5.65. The Kier molecular flexibility index (Phi) is 5.97. The van der Waals surface area contributed by atoms with E-state index in [-0.39, 0.29) is 0 Å². The first-order chi connectivity index (χ1) is 8.95. The predicted molar refractivity (Wildman–Crippen MR) is 84.6 cm³/mol. The molecule has 2 rings (SSSR count). The van der Waals surface area contributed by atoms with Crippen molar-refractivity contribution in [2.45, 2.75) is 11.5 Å². The standard InChI is InChI=1S/C16H16S2/c1-3-7-15(8-4-1)13-17-11-12-18-14-16-9-5-2-6-10-16/h1-12H,13-14H2. The van der Waals surface area contributed by atoms with E-state index >= 15 is 0 Å². The minimum Gasteiger partial charge on any atom is -0.129 e. The molecule has 92 valence electrons. The summed E-state index contributed by atoms with van der Waals surface area (Å²) in [5.74, 6) is 2.09. The fraction of sp³-hybridized carbons (Fsp3) is 0.125. The summed E-state index contributed by atoms with van der Waals surface area (Å²) in [7, 11) is 0. The summed E-state index contributed by atoms with van der Waals surface area (Å²) in [5.41, 5.74) is 2.75. The maximum absolute atomic E-state index is 2.18. The molecule has 2 aromatic rings. The van der Waals surface area contributed by atoms with Gasteiger partial charge in [0.25, 0.3) is 0 Å². The Morgan fingerprint density at radius 1 is 0.611 bits per heavy atom. The van der Waals surface area contributed by atoms with Gasteiger partial charge < -0.3 is 0 Å². The molecule has 0 unspecified atom stereocenters. The molecule has 0 amide bonds. The quantitative estimate of drug-likeness (QED) is 0.697. The zero-order valence-electron chi connectivity index (χ0n) is 10.2. The number of benzene rings is 2. The van der Waals surface area contributed by atoms with Crippen LogP contribution in [-0.4, -0.2) is 0 Å². The number of thioether (sulfide) groups is 2. The van der Waals surface area contributed by atoms with Gasteiger partial charge in [-0.15, -0.1) is 23.5 Å². The van der Waals surface area contributed by atoms with Gasteiger partial charge in [0.1, 0.15) is 0 Å². The summed E-state index contributed by atoms with van der Waals surface area (Å²) >= 11 is 3.68. The molecule has 0 nitrogen and oxygen atoms in total. The summed E-state index contributed by atoms with van der Waals surface area (Å²) in [6.45, 7) is 0. The molecule has 0 heterocycles. The Morgan fingerprint density at radius 3 is 1.39 bits per heavy atom. The summed E-state index contributed by atoms with van der Waals surface area (Å²) in [5, 5.41) is 4.36. The van der Waals surface area contributed by atoms with Crippen LogP contribution in [0.2, 0.25) is 0 Å². The molecular formula is C16H16S2. The van der Waals surface area contributed by atoms with E-state index in [1.165, 1.54) is 11.1 Å². The van der Waals surface area contributed by atoms with Crippen LogP contribution in [0.25, 0.3) is 0 Å². The van der Waals surface area contributed by atoms with E-state index in [0.717, 1.165) is 11.5 Å². The van der Waals surface area contributed by atoms with E-state index in [1.54, 1.807) is 0 Å². The average Bonchev–Trinajstić information content (AvgIpc) is 2.45. The van der Waals surface area contributed by atoms with Crippen LogP contribution in [0.1, 0.15) is 11.1 Å². The van der Waals surface area contributed by atoms with Crippen LogP contribution >= 0.6 is 23.5 Å². The molecule has 2 aromatic carbocycles. The third-order valence-electron chi connectivity index (χ3n) is 2.43. The van der Waals surface area contributed by atoms with Crippen molar-refractivity contribution in [3.63, 3.8) is 0 Å². The Balaban J connectivity index is 1.64. The molecule has 0 saturated carbocycles. The van der Waals surface area contributed by atoms with Gasteiger partial charge in [-0.25, -0.2) is 0 Å². The highest BCUT2D eigenvalue weighted by atomic mass is 32.2. The largest absolute Gasteiger partial charge is 0.129 e. The Morgan fingerprint density at radius 2 is 1.00 bits per heavy atom. The third kappa shape index (κ3) is 5.03. The van der Waals surface area contributed by atoms with Crippen LogP contribution in [0.3, 0.4) is 0 Å². The lowest BCUT2D eigenvalue weighted by Gasteiger charge is -1.97. The molecule has 0 N–H and O–H groups in total. The van der Waals surface area contributed by atoms with Crippen LogP contribution in [0.15, 0.2) is 71.5 Å². The Bertz CT molecular complexity index is 417. The number of rotatable bonds is 6. The van der Waals surface area contributed by atoms with E-state index in [1.807, 2.05) is 23.5 Å². The van der Waals surface area contributed by atoms with Crippen molar-refractivity contribution in [3.8, 4) is 0 Å². The molecular weight excluding hydrogens is 256 g/mol. The van der Waals surface area contributed by atoms with Gasteiger partial charge in [-0.2, -0.15) is 0 Å². The Hall–Kier alpha value is -1.12. The van der Waals surface area contributed by atoms with Gasteiger partial charge >= 0.3 is 0 Å². The first kappa shape index (κ1) is 13.3. The molecule has 0 aliphatic carbocycles. The minimum atomic E-state index is 1.04. The molecule has 0 spiro atoms. The number of hydrogen-bond acceptors (Lipinski definition) is 2. The molecule has 2 heteroatoms. The van der Waals surface area contributed by atoms with Crippen molar-refractivity contribution in [1.82, 2.24) is 0 Å². The SMILES string of the molecule is C(=CSCc1ccccc1)SCc1ccccc1. The van der Waals surface area contributed by atoms with Gasteiger partial charge in [0.05, 0.1) is 0 Å². The van der Waals surface area contributed by atoms with Crippen molar-refractivity contribution in [1.29, 1.82) is 0 Å². The molecule has 0 radical (unpaired) electrons. The summed E-state index contributed by atoms with van der Waals surface area (Å²) < 4.78 is 0. The van der Waals surface area contributed by atoms with Gasteiger partial charge in [0, 0.05) is 11.5 Å². The molecule has 0 aliphatic rings. The second-order valence-electron chi connectivity index (χ2n) is 3.87. The zero-order valence-corrected chi connectivity index (χ0v) is 11.8. The lowest BCUT2D eigenvalue weighted by atomic mass is 10.2. The molecule has 0 atom stereocenters. The highest BCUT2D eigenvalue weighted by Gasteiger charge is 1.90. The van der Waals surface area contributed by atoms with Crippen molar-refractivity contribution in [2.75, 3.05) is 0 Å². The maximum Gasteiger partial charge on any atom is 0.0226 e. The fourth-order valence-corrected chi connectivity index (χ4v) is 3.11. The molecule has 0 fully saturated rings. The van der Waals surface area contributed by atoms with Crippen LogP contribution in [-0.2, 0) is 11.5 Å². The average molecular weight is 272 g/mol. The summed E-state index contributed by atoms with van der Waals surface area (Å²) in [4.78, 5) is 0. The molecule has 0 aromatic heterocycles. The molecule has 18 heavy (non-hydrogen) atoms. The van der Waals surface area contributed by atoms with Gasteiger partial charge in [-0.05, 0) is 21.9 Å². The van der Waals surface area contributed by atoms with Crippen molar-refractivity contribution in [3.05, 3.63) is 82.6 Å². The van der Waals surface area contributed by atoms with Crippen LogP contribution in [0, 0.1) is 0 Å². The van der Waals surface area contributed by atoms with Crippen molar-refractivity contribution in [2.24, 2.45) is 0 Å². The fourth-order valence-electron chi connectivity index (χ4n) is 1.52. The lowest BCUT2D eigenvalue weighted by molar-refractivity contribution is 1.42. The normalized spacial score (nSPS) is 10.9. The van der Waals surface area contributed by atoms with E-state index in [9.17, 15) is 0 Å². The van der Waals surface area contributed by atoms with Gasteiger partial charge in [0.15, 0.2) is 0 Å². The van der Waals surface area contributed by atoms with E-state index < -0.39 is 0 Å². The maximum atomic E-state index is 2.18. The van der Waals surface area contributed by atoms with Crippen molar-refractivity contribution < 1.29 is 0 Å². The van der Waals surface area contributed by atoms with Gasteiger partial charge in [-0.3, -0.25) is 0 Å². The summed E-state index contributed by atoms with van der Waals surface area (Å²) in [6, 6.07) is 21.1.